The van der Waals surface area contributed by atoms with Crippen LogP contribution in [0.4, 0.5) is 9.59 Å². The van der Waals surface area contributed by atoms with Gasteiger partial charge < -0.3 is 28.2 Å². The van der Waals surface area contributed by atoms with Crippen LogP contribution < -0.4 is 9.47 Å². The Balaban J connectivity index is 1.79. The monoisotopic (exact) mass is 642 g/mol. The number of hydrogen-bond acceptors (Lipinski definition) is 8. The molecule has 2 unspecified atom stereocenters. The van der Waals surface area contributed by atoms with Gasteiger partial charge in [0, 0.05) is 53.4 Å². The molecule has 0 bridgehead atoms. The van der Waals surface area contributed by atoms with Gasteiger partial charge >= 0.3 is 12.2 Å². The molecule has 2 amide bonds. The third-order valence-corrected chi connectivity index (χ3v) is 8.19. The van der Waals surface area contributed by atoms with Crippen LogP contribution in [0.3, 0.4) is 0 Å². The summed E-state index contributed by atoms with van der Waals surface area (Å²) in [4.78, 5) is 61.6. The van der Waals surface area contributed by atoms with E-state index in [1.54, 1.807) is 64.8 Å². The minimum absolute atomic E-state index is 0.185. The molecule has 2 aromatic heterocycles. The van der Waals surface area contributed by atoms with E-state index in [2.05, 4.69) is 9.97 Å². The largest absolute Gasteiger partial charge is 0.414 e. The highest BCUT2D eigenvalue weighted by Gasteiger charge is 2.28. The Morgan fingerprint density at radius 1 is 0.652 bits per heavy atom. The molecule has 2 rings (SSSR count). The number of quaternary nitrogens is 2. The zero-order chi connectivity index (χ0) is 34.3. The summed E-state index contributed by atoms with van der Waals surface area (Å²) in [6.07, 6.45) is 6.69. The number of amides is 2. The summed E-state index contributed by atoms with van der Waals surface area (Å²) in [5, 5.41) is 0. The zero-order valence-corrected chi connectivity index (χ0v) is 29.1. The molecule has 0 N–H and O–H groups in total. The van der Waals surface area contributed by atoms with Crippen LogP contribution in [0.15, 0.2) is 36.7 Å². The van der Waals surface area contributed by atoms with Crippen molar-refractivity contribution in [2.45, 2.75) is 65.5 Å². The highest BCUT2D eigenvalue weighted by Crippen LogP contribution is 2.23. The summed E-state index contributed by atoms with van der Waals surface area (Å²) in [5.41, 5.74) is 1.29. The fraction of sp³-hybridized carbons (Fsp3) is 0.588. The van der Waals surface area contributed by atoms with E-state index in [1.807, 2.05) is 27.9 Å². The molecular formula is C34H54N6O6+2. The van der Waals surface area contributed by atoms with Crippen LogP contribution in [0.5, 0.6) is 11.5 Å². The van der Waals surface area contributed by atoms with Crippen molar-refractivity contribution in [3.63, 3.8) is 0 Å². The normalized spacial score (nSPS) is 13.7. The smallest absolute Gasteiger partial charge is 0.408 e. The molecular weight excluding hydrogens is 588 g/mol. The SMILES string of the molecule is CC[N+](C)(CC(=O)CCCCCCC(=O)C[N+](C)(CC)Cc1ncccc1OC(=O)N(C)C)Cc1ncccc1OC(=O)N(C)C. The molecule has 254 valence electrons. The third-order valence-electron chi connectivity index (χ3n) is 8.19. The first-order valence-corrected chi connectivity index (χ1v) is 16.1. The van der Waals surface area contributed by atoms with Crippen LogP contribution >= 0.6 is 0 Å². The predicted octanol–water partition coefficient (Wildman–Crippen LogP) is 4.71. The minimum atomic E-state index is -0.473. The van der Waals surface area contributed by atoms with Crippen molar-refractivity contribution in [2.24, 2.45) is 0 Å². The quantitative estimate of drug-likeness (QED) is 0.160. The molecule has 12 nitrogen and oxygen atoms in total. The van der Waals surface area contributed by atoms with Crippen molar-refractivity contribution in [3.05, 3.63) is 48.0 Å². The Morgan fingerprint density at radius 2 is 1.02 bits per heavy atom. The predicted molar refractivity (Wildman–Crippen MR) is 176 cm³/mol. The number of aromatic nitrogens is 2. The Hall–Kier alpha value is -3.90. The van der Waals surface area contributed by atoms with Crippen LogP contribution in [0.2, 0.25) is 0 Å². The number of Topliss-reactive ketones (excluding diaryl/α,β-unsaturated/α-hetero) is 2. The number of nitrogens with zero attached hydrogens (tertiary/aromatic N) is 6. The second-order valence-corrected chi connectivity index (χ2v) is 12.9. The molecule has 2 atom stereocenters. The number of ketones is 2. The van der Waals surface area contributed by atoms with Gasteiger partial charge in [0.05, 0.1) is 27.2 Å². The van der Waals surface area contributed by atoms with Gasteiger partial charge in [-0.15, -0.1) is 0 Å². The van der Waals surface area contributed by atoms with E-state index < -0.39 is 12.2 Å². The van der Waals surface area contributed by atoms with Gasteiger partial charge in [-0.3, -0.25) is 19.6 Å². The second-order valence-electron chi connectivity index (χ2n) is 12.9. The lowest BCUT2D eigenvalue weighted by molar-refractivity contribution is -0.913. The number of rotatable bonds is 19. The maximum Gasteiger partial charge on any atom is 0.414 e. The summed E-state index contributed by atoms with van der Waals surface area (Å²) in [7, 11) is 10.5. The van der Waals surface area contributed by atoms with Gasteiger partial charge in [0.15, 0.2) is 23.1 Å². The molecule has 0 radical (unpaired) electrons. The fourth-order valence-electron chi connectivity index (χ4n) is 4.93. The minimum Gasteiger partial charge on any atom is -0.408 e. The lowest BCUT2D eigenvalue weighted by Crippen LogP contribution is -2.47. The van der Waals surface area contributed by atoms with Crippen molar-refractivity contribution in [1.82, 2.24) is 19.8 Å². The fourth-order valence-corrected chi connectivity index (χ4v) is 4.93. The molecule has 12 heteroatoms. The maximum absolute atomic E-state index is 12.9. The van der Waals surface area contributed by atoms with Gasteiger partial charge in [0.1, 0.15) is 37.6 Å². The third kappa shape index (κ3) is 12.8. The molecule has 0 spiro atoms. The molecule has 0 saturated carbocycles. The molecule has 0 aliphatic carbocycles. The van der Waals surface area contributed by atoms with Gasteiger partial charge in [-0.25, -0.2) is 9.59 Å². The average Bonchev–Trinajstić information content (AvgIpc) is 3.00. The molecule has 0 fully saturated rings. The molecule has 0 aromatic carbocycles. The van der Waals surface area contributed by atoms with E-state index >= 15 is 0 Å². The molecule has 46 heavy (non-hydrogen) atoms. The van der Waals surface area contributed by atoms with Gasteiger partial charge in [-0.2, -0.15) is 0 Å². The van der Waals surface area contributed by atoms with E-state index in [-0.39, 0.29) is 11.6 Å². The highest BCUT2D eigenvalue weighted by atomic mass is 16.6. The van der Waals surface area contributed by atoms with Crippen LogP contribution in [0.25, 0.3) is 0 Å². The van der Waals surface area contributed by atoms with Crippen molar-refractivity contribution in [3.8, 4) is 11.5 Å². The van der Waals surface area contributed by atoms with E-state index in [1.165, 1.54) is 9.80 Å². The van der Waals surface area contributed by atoms with Crippen molar-refractivity contribution < 1.29 is 37.6 Å². The highest BCUT2D eigenvalue weighted by molar-refractivity contribution is 5.80. The van der Waals surface area contributed by atoms with E-state index in [4.69, 9.17) is 9.47 Å². The average molecular weight is 643 g/mol. The molecule has 0 aliphatic rings. The number of unbranched alkanes of at least 4 members (excludes halogenated alkanes) is 3. The first-order valence-electron chi connectivity index (χ1n) is 16.1. The maximum atomic E-state index is 12.9. The first kappa shape index (κ1) is 38.3. The van der Waals surface area contributed by atoms with Gasteiger partial charge in [0.25, 0.3) is 0 Å². The molecule has 0 saturated heterocycles. The van der Waals surface area contributed by atoms with E-state index in [0.717, 1.165) is 38.8 Å². The topological polar surface area (TPSA) is 119 Å². The van der Waals surface area contributed by atoms with Crippen LogP contribution in [-0.2, 0) is 22.7 Å². The van der Waals surface area contributed by atoms with Gasteiger partial charge in [-0.1, -0.05) is 12.8 Å². The number of pyridine rings is 2. The van der Waals surface area contributed by atoms with Crippen LogP contribution in [-0.4, -0.2) is 121 Å². The number of hydrogen-bond donors (Lipinski definition) is 0. The van der Waals surface area contributed by atoms with Gasteiger partial charge in [0.2, 0.25) is 0 Å². The van der Waals surface area contributed by atoms with Crippen molar-refractivity contribution in [2.75, 3.05) is 68.5 Å². The Morgan fingerprint density at radius 3 is 1.35 bits per heavy atom. The lowest BCUT2D eigenvalue weighted by Gasteiger charge is -2.33. The van der Waals surface area contributed by atoms with Crippen molar-refractivity contribution in [1.29, 1.82) is 0 Å². The number of likely N-dealkylation sites (N-methyl/N-ethyl adjacent to an activating group) is 2. The Bertz CT molecular complexity index is 1220. The summed E-state index contributed by atoms with van der Waals surface area (Å²) < 4.78 is 11.9. The Kier molecular flexibility index (Phi) is 15.2. The first-order chi connectivity index (χ1) is 21.7. The molecule has 2 aromatic rings. The summed E-state index contributed by atoms with van der Waals surface area (Å²) in [5.74, 6) is 1.19. The summed E-state index contributed by atoms with van der Waals surface area (Å²) >= 11 is 0. The van der Waals surface area contributed by atoms with Gasteiger partial charge in [-0.05, 0) is 51.0 Å². The Labute approximate surface area is 274 Å². The van der Waals surface area contributed by atoms with Crippen LogP contribution in [0, 0.1) is 0 Å². The second kappa shape index (κ2) is 18.3. The van der Waals surface area contributed by atoms with Crippen LogP contribution in [0.1, 0.15) is 63.8 Å². The number of ether oxygens (including phenoxy) is 2. The molecule has 2 heterocycles. The van der Waals surface area contributed by atoms with E-state index in [0.29, 0.717) is 70.9 Å². The summed E-state index contributed by atoms with van der Waals surface area (Å²) in [6, 6.07) is 6.90. The lowest BCUT2D eigenvalue weighted by atomic mass is 10.1. The van der Waals surface area contributed by atoms with Crippen molar-refractivity contribution >= 4 is 23.8 Å². The number of carbonyl (C=O) groups is 4. The zero-order valence-electron chi connectivity index (χ0n) is 29.1. The summed E-state index contributed by atoms with van der Waals surface area (Å²) in [6.45, 7) is 7.21. The molecule has 0 aliphatic heterocycles. The number of carbonyl (C=O) groups excluding carboxylic acids is 4. The van der Waals surface area contributed by atoms with E-state index in [9.17, 15) is 19.2 Å². The standard InChI is InChI=1S/C34H54N6O6/c1-9-39(7,25-29-31(19-15-21-35-29)45-33(43)37(3)4)23-27(41)17-13-11-12-14-18-28(42)24-40(8,10-2)26-30-32(20-16-22-36-30)46-34(44)38(5)6/h15-16,19-22H,9-14,17-18,23-26H2,1-8H3/q+2.